The number of likely N-dealkylation sites (tertiary alicyclic amines) is 2. The fourth-order valence-electron chi connectivity index (χ4n) is 6.24. The van der Waals surface area contributed by atoms with Crippen molar-refractivity contribution in [1.82, 2.24) is 19.6 Å². The molecule has 0 aromatic heterocycles. The van der Waals surface area contributed by atoms with E-state index >= 15 is 4.39 Å². The van der Waals surface area contributed by atoms with Gasteiger partial charge in [0.05, 0.1) is 0 Å². The molecule has 5 rings (SSSR count). The number of carbonyl (C=O) groups excluding carboxylic acids is 1. The fraction of sp³-hybridized carbons (Fsp3) is 0.621. The Morgan fingerprint density at radius 2 is 1.77 bits per heavy atom. The average molecular weight is 481 g/mol. The lowest BCUT2D eigenvalue weighted by Crippen LogP contribution is -2.55. The van der Waals surface area contributed by atoms with E-state index in [-0.39, 0.29) is 5.91 Å². The number of piperidine rings is 2. The summed E-state index contributed by atoms with van der Waals surface area (Å²) >= 11 is 0. The maximum Gasteiger partial charge on any atom is 0.260 e. The van der Waals surface area contributed by atoms with Crippen LogP contribution < -0.4 is 0 Å². The summed E-state index contributed by atoms with van der Waals surface area (Å²) in [5.74, 6) is -0.258. The Morgan fingerprint density at radius 3 is 2.49 bits per heavy atom. The molecule has 35 heavy (non-hydrogen) atoms. The van der Waals surface area contributed by atoms with E-state index in [1.54, 1.807) is 0 Å². The molecule has 1 amide bonds. The quantitative estimate of drug-likeness (QED) is 0.652. The van der Waals surface area contributed by atoms with Crippen LogP contribution in [0.4, 0.5) is 4.39 Å². The number of likely N-dealkylation sites (N-methyl/N-ethyl adjacent to an activating group) is 1. The van der Waals surface area contributed by atoms with E-state index in [1.807, 2.05) is 4.90 Å². The van der Waals surface area contributed by atoms with Crippen LogP contribution in [0.1, 0.15) is 50.2 Å². The Labute approximate surface area is 210 Å². The van der Waals surface area contributed by atoms with Crippen molar-refractivity contribution in [3.8, 4) is 0 Å². The normalized spacial score (nSPS) is 24.4. The van der Waals surface area contributed by atoms with Gasteiger partial charge in [-0.2, -0.15) is 0 Å². The minimum atomic E-state index is -1.70. The highest BCUT2D eigenvalue weighted by atomic mass is 19.1. The first-order valence-electron chi connectivity index (χ1n) is 13.5. The number of hydrogen-bond acceptors (Lipinski definition) is 4. The molecule has 6 heteroatoms. The predicted molar refractivity (Wildman–Crippen MR) is 139 cm³/mol. The summed E-state index contributed by atoms with van der Waals surface area (Å²) < 4.78 is 15.8. The van der Waals surface area contributed by atoms with Gasteiger partial charge in [0.15, 0.2) is 5.67 Å². The highest BCUT2D eigenvalue weighted by Gasteiger charge is 2.45. The van der Waals surface area contributed by atoms with Crippen molar-refractivity contribution in [1.29, 1.82) is 0 Å². The summed E-state index contributed by atoms with van der Waals surface area (Å²) in [4.78, 5) is 22.2. The number of amides is 1. The van der Waals surface area contributed by atoms with Gasteiger partial charge in [0.2, 0.25) is 0 Å². The van der Waals surface area contributed by atoms with Gasteiger partial charge in [-0.25, -0.2) is 4.39 Å². The zero-order valence-corrected chi connectivity index (χ0v) is 21.5. The largest absolute Gasteiger partial charge is 0.374 e. The molecule has 0 aliphatic carbocycles. The molecule has 2 saturated heterocycles. The number of allylic oxidation sites excluding steroid dienone is 1. The molecule has 0 spiro atoms. The van der Waals surface area contributed by atoms with Gasteiger partial charge in [-0.15, -0.1) is 0 Å². The van der Waals surface area contributed by atoms with Crippen LogP contribution in [0.15, 0.2) is 47.7 Å². The van der Waals surface area contributed by atoms with Crippen LogP contribution in [-0.4, -0.2) is 90.1 Å². The molecular weight excluding hydrogens is 439 g/mol. The van der Waals surface area contributed by atoms with Crippen molar-refractivity contribution in [2.24, 2.45) is 0 Å². The lowest BCUT2D eigenvalue weighted by Gasteiger charge is -2.42. The molecule has 1 aromatic carbocycles. The van der Waals surface area contributed by atoms with Crippen LogP contribution in [0.2, 0.25) is 0 Å². The molecule has 2 fully saturated rings. The van der Waals surface area contributed by atoms with Crippen molar-refractivity contribution < 1.29 is 9.18 Å². The number of hydrogen-bond donors (Lipinski definition) is 0. The molecule has 190 valence electrons. The van der Waals surface area contributed by atoms with Crippen LogP contribution >= 0.6 is 0 Å². The highest BCUT2D eigenvalue weighted by molar-refractivity contribution is 5.85. The molecular formula is C29H41FN4O. The lowest BCUT2D eigenvalue weighted by molar-refractivity contribution is -0.149. The van der Waals surface area contributed by atoms with E-state index in [9.17, 15) is 4.79 Å². The summed E-state index contributed by atoms with van der Waals surface area (Å²) in [5.41, 5.74) is 3.79. The van der Waals surface area contributed by atoms with Gasteiger partial charge in [0, 0.05) is 77.4 Å². The number of carbonyl (C=O) groups is 1. The van der Waals surface area contributed by atoms with Gasteiger partial charge >= 0.3 is 0 Å². The Hall–Kier alpha value is -2.18. The lowest BCUT2D eigenvalue weighted by atomic mass is 9.90. The van der Waals surface area contributed by atoms with E-state index in [2.05, 4.69) is 65.1 Å². The SMILES string of the molecule is CC1=CC(CN2CCC(F)(C(=O)N3CCC(N4CCCc5ccccc5C4)CC3)CC2)=CCN1C. The number of aryl methyl sites for hydroxylation is 1. The van der Waals surface area contributed by atoms with Crippen LogP contribution in [0.25, 0.3) is 0 Å². The summed E-state index contributed by atoms with van der Waals surface area (Å²) in [6, 6.07) is 9.28. The Bertz CT molecular complexity index is 973. The number of rotatable bonds is 4. The number of fused-ring (bicyclic) bond motifs is 1. The zero-order valence-electron chi connectivity index (χ0n) is 21.5. The van der Waals surface area contributed by atoms with Crippen LogP contribution in [0.3, 0.4) is 0 Å². The Kier molecular flexibility index (Phi) is 7.31. The topological polar surface area (TPSA) is 30.0 Å². The maximum absolute atomic E-state index is 15.8. The van der Waals surface area contributed by atoms with Crippen molar-refractivity contribution >= 4 is 5.91 Å². The molecule has 0 atom stereocenters. The van der Waals surface area contributed by atoms with Gasteiger partial charge in [0.1, 0.15) is 0 Å². The Balaban J connectivity index is 1.11. The predicted octanol–water partition coefficient (Wildman–Crippen LogP) is 4.01. The second-order valence-electron chi connectivity index (χ2n) is 11.1. The summed E-state index contributed by atoms with van der Waals surface area (Å²) in [6.07, 6.45) is 9.32. The van der Waals surface area contributed by atoms with E-state index in [0.717, 1.165) is 45.4 Å². The molecule has 0 bridgehead atoms. The summed E-state index contributed by atoms with van der Waals surface area (Å²) in [7, 11) is 2.10. The first-order chi connectivity index (χ1) is 16.9. The molecule has 0 unspecified atom stereocenters. The molecule has 4 aliphatic heterocycles. The van der Waals surface area contributed by atoms with Crippen LogP contribution in [0.5, 0.6) is 0 Å². The highest BCUT2D eigenvalue weighted by Crippen LogP contribution is 2.32. The smallest absolute Gasteiger partial charge is 0.260 e. The minimum Gasteiger partial charge on any atom is -0.374 e. The molecule has 5 nitrogen and oxygen atoms in total. The first-order valence-corrected chi connectivity index (χ1v) is 13.5. The summed E-state index contributed by atoms with van der Waals surface area (Å²) in [5, 5.41) is 0. The number of benzene rings is 1. The summed E-state index contributed by atoms with van der Waals surface area (Å²) in [6.45, 7) is 8.66. The van der Waals surface area contributed by atoms with E-state index in [0.29, 0.717) is 45.1 Å². The molecule has 4 heterocycles. The van der Waals surface area contributed by atoms with E-state index < -0.39 is 5.67 Å². The van der Waals surface area contributed by atoms with Crippen molar-refractivity contribution in [2.75, 3.05) is 52.9 Å². The van der Waals surface area contributed by atoms with Crippen molar-refractivity contribution in [2.45, 2.75) is 63.7 Å². The van der Waals surface area contributed by atoms with Gasteiger partial charge < -0.3 is 9.80 Å². The second kappa shape index (κ2) is 10.4. The van der Waals surface area contributed by atoms with Crippen molar-refractivity contribution in [3.05, 3.63) is 58.8 Å². The third-order valence-corrected chi connectivity index (χ3v) is 8.71. The molecule has 4 aliphatic rings. The Morgan fingerprint density at radius 1 is 1.06 bits per heavy atom. The third kappa shape index (κ3) is 5.49. The molecule has 1 aromatic rings. The zero-order chi connectivity index (χ0) is 24.4. The fourth-order valence-corrected chi connectivity index (χ4v) is 6.24. The average Bonchev–Trinajstić information content (AvgIpc) is 3.10. The first kappa shape index (κ1) is 24.5. The molecule has 0 saturated carbocycles. The van der Waals surface area contributed by atoms with Gasteiger partial charge in [-0.1, -0.05) is 30.3 Å². The number of alkyl halides is 1. The monoisotopic (exact) mass is 480 g/mol. The standard InChI is InChI=1S/C29H41FN4O/c1-23-20-24(9-15-31(23)2)21-32-18-12-29(30,13-19-32)28(35)33-16-10-27(11-17-33)34-14-5-8-25-6-3-4-7-26(25)22-34/h3-4,6-7,9,20,27H,5,8,10-19,21-22H2,1-2H3. The third-order valence-electron chi connectivity index (χ3n) is 8.71. The number of halogens is 1. The van der Waals surface area contributed by atoms with E-state index in [1.165, 1.54) is 28.8 Å². The maximum atomic E-state index is 15.8. The van der Waals surface area contributed by atoms with Gasteiger partial charge in [-0.05, 0) is 61.9 Å². The van der Waals surface area contributed by atoms with Crippen molar-refractivity contribution in [3.63, 3.8) is 0 Å². The molecule has 0 radical (unpaired) electrons. The van der Waals surface area contributed by atoms with Gasteiger partial charge in [0.25, 0.3) is 5.91 Å². The second-order valence-corrected chi connectivity index (χ2v) is 11.1. The van der Waals surface area contributed by atoms with Gasteiger partial charge in [-0.3, -0.25) is 14.6 Å². The number of nitrogens with zero attached hydrogens (tertiary/aromatic N) is 4. The van der Waals surface area contributed by atoms with Crippen LogP contribution in [0, 0.1) is 0 Å². The van der Waals surface area contributed by atoms with Crippen LogP contribution in [-0.2, 0) is 17.8 Å². The molecule has 0 N–H and O–H groups in total. The van der Waals surface area contributed by atoms with E-state index in [4.69, 9.17) is 0 Å². The minimum absolute atomic E-state index is 0.258.